The van der Waals surface area contributed by atoms with E-state index >= 15 is 0 Å². The maximum atomic E-state index is 12.9. The number of carbonyl (C=O) groups excluding carboxylic acids is 1. The maximum absolute atomic E-state index is 12.9. The number of benzodiazepines with no additional fused rings is 1. The second-order valence-corrected chi connectivity index (χ2v) is 8.10. The molecule has 1 aliphatic rings. The molecule has 4 rings (SSSR count). The van der Waals surface area contributed by atoms with Crippen LogP contribution >= 0.6 is 27.5 Å². The zero-order chi connectivity index (χ0) is 21.3. The zero-order valence-electron chi connectivity index (χ0n) is 15.5. The van der Waals surface area contributed by atoms with Crippen LogP contribution in [-0.2, 0) is 11.2 Å². The number of halogens is 2. The fraction of sp³-hybridized carbons (Fsp3) is 0.0909. The number of non-ortho nitro benzene ring substituents is 1. The van der Waals surface area contributed by atoms with Crippen LogP contribution in [0.5, 0.6) is 0 Å². The van der Waals surface area contributed by atoms with Crippen LogP contribution in [0.25, 0.3) is 0 Å². The molecule has 0 fully saturated rings. The Labute approximate surface area is 185 Å². The molecule has 3 aromatic carbocycles. The molecule has 1 atom stereocenters. The summed E-state index contributed by atoms with van der Waals surface area (Å²) < 4.78 is 0.851. The highest BCUT2D eigenvalue weighted by Crippen LogP contribution is 2.30. The average Bonchev–Trinajstić information content (AvgIpc) is 2.85. The van der Waals surface area contributed by atoms with Gasteiger partial charge in [0.1, 0.15) is 6.04 Å². The molecular formula is C22H15BrClN3O3. The van der Waals surface area contributed by atoms with E-state index in [-0.39, 0.29) is 11.6 Å². The lowest BCUT2D eigenvalue weighted by Gasteiger charge is -2.12. The first kappa shape index (κ1) is 20.3. The van der Waals surface area contributed by atoms with Gasteiger partial charge in [0.25, 0.3) is 5.69 Å². The van der Waals surface area contributed by atoms with Crippen molar-refractivity contribution in [2.75, 3.05) is 5.32 Å². The van der Waals surface area contributed by atoms with Crippen molar-refractivity contribution in [1.29, 1.82) is 0 Å². The molecule has 0 aliphatic carbocycles. The van der Waals surface area contributed by atoms with Crippen molar-refractivity contribution >= 4 is 50.5 Å². The van der Waals surface area contributed by atoms with E-state index in [9.17, 15) is 14.9 Å². The van der Waals surface area contributed by atoms with Gasteiger partial charge in [0.15, 0.2) is 0 Å². The second-order valence-electron chi connectivity index (χ2n) is 6.78. The highest BCUT2D eigenvalue weighted by molar-refractivity contribution is 9.10. The first-order valence-electron chi connectivity index (χ1n) is 9.09. The number of carbonyl (C=O) groups is 1. The van der Waals surface area contributed by atoms with Gasteiger partial charge in [-0.15, -0.1) is 0 Å². The SMILES string of the molecule is O=C1Nc2ccc(Br)cc2C(c2ccccc2Cl)=NC1Cc1ccc([N+](=O)[O-])cc1. The van der Waals surface area contributed by atoms with Gasteiger partial charge in [-0.3, -0.25) is 19.9 Å². The van der Waals surface area contributed by atoms with Gasteiger partial charge < -0.3 is 5.32 Å². The molecule has 1 aliphatic heterocycles. The first-order chi connectivity index (χ1) is 14.4. The Morgan fingerprint density at radius 2 is 1.80 bits per heavy atom. The van der Waals surface area contributed by atoms with Gasteiger partial charge in [-0.05, 0) is 29.8 Å². The van der Waals surface area contributed by atoms with Gasteiger partial charge in [0.2, 0.25) is 5.91 Å². The Morgan fingerprint density at radius 3 is 2.50 bits per heavy atom. The number of nitro benzene ring substituents is 1. The van der Waals surface area contributed by atoms with E-state index in [0.29, 0.717) is 22.8 Å². The monoisotopic (exact) mass is 483 g/mol. The minimum Gasteiger partial charge on any atom is -0.324 e. The van der Waals surface area contributed by atoms with Crippen LogP contribution < -0.4 is 5.32 Å². The van der Waals surface area contributed by atoms with E-state index in [1.54, 1.807) is 18.2 Å². The summed E-state index contributed by atoms with van der Waals surface area (Å²) >= 11 is 9.93. The Bertz CT molecular complexity index is 1180. The van der Waals surface area contributed by atoms with Crippen LogP contribution in [0.3, 0.4) is 0 Å². The minimum atomic E-state index is -0.719. The summed E-state index contributed by atoms with van der Waals surface area (Å²) in [6, 6.07) is 18.3. The molecule has 1 unspecified atom stereocenters. The number of rotatable bonds is 4. The molecule has 1 N–H and O–H groups in total. The maximum Gasteiger partial charge on any atom is 0.269 e. The summed E-state index contributed by atoms with van der Waals surface area (Å²) in [4.78, 5) is 28.2. The number of amides is 1. The van der Waals surface area contributed by atoms with Crippen LogP contribution in [-0.4, -0.2) is 22.6 Å². The van der Waals surface area contributed by atoms with Gasteiger partial charge >= 0.3 is 0 Å². The van der Waals surface area contributed by atoms with Crippen molar-refractivity contribution in [3.05, 3.63) is 103 Å². The van der Waals surface area contributed by atoms with Crippen LogP contribution in [0.4, 0.5) is 11.4 Å². The van der Waals surface area contributed by atoms with Gasteiger partial charge in [-0.2, -0.15) is 0 Å². The molecule has 8 heteroatoms. The van der Waals surface area contributed by atoms with Crippen LogP contribution in [0.1, 0.15) is 16.7 Å². The predicted molar refractivity (Wildman–Crippen MR) is 120 cm³/mol. The molecule has 3 aromatic rings. The topological polar surface area (TPSA) is 84.6 Å². The fourth-order valence-corrected chi connectivity index (χ4v) is 3.89. The molecule has 0 radical (unpaired) electrons. The second kappa shape index (κ2) is 8.38. The van der Waals surface area contributed by atoms with E-state index in [1.807, 2.05) is 36.4 Å². The number of hydrogen-bond acceptors (Lipinski definition) is 4. The summed E-state index contributed by atoms with van der Waals surface area (Å²) in [5, 5.41) is 14.4. The third-order valence-electron chi connectivity index (χ3n) is 4.79. The molecule has 0 aromatic heterocycles. The number of hydrogen-bond donors (Lipinski definition) is 1. The molecule has 1 heterocycles. The molecule has 0 saturated carbocycles. The lowest BCUT2D eigenvalue weighted by molar-refractivity contribution is -0.384. The van der Waals surface area contributed by atoms with Crippen molar-refractivity contribution < 1.29 is 9.72 Å². The minimum absolute atomic E-state index is 0.00146. The lowest BCUT2D eigenvalue weighted by Crippen LogP contribution is -2.27. The standard InChI is InChI=1S/C22H15BrClN3O3/c23-14-7-10-19-17(12-14)21(16-3-1-2-4-18(16)24)25-20(22(28)26-19)11-13-5-8-15(9-6-13)27(29)30/h1-10,12,20H,11H2,(H,26,28). The highest BCUT2D eigenvalue weighted by Gasteiger charge is 2.27. The molecule has 0 saturated heterocycles. The van der Waals surface area contributed by atoms with Crippen LogP contribution in [0, 0.1) is 10.1 Å². The van der Waals surface area contributed by atoms with Gasteiger partial charge in [-0.25, -0.2) is 0 Å². The van der Waals surface area contributed by atoms with E-state index in [4.69, 9.17) is 16.6 Å². The summed E-state index contributed by atoms with van der Waals surface area (Å²) in [5.41, 5.74) is 3.52. The number of nitrogens with zero attached hydrogens (tertiary/aromatic N) is 2. The quantitative estimate of drug-likeness (QED) is 0.397. The van der Waals surface area contributed by atoms with Gasteiger partial charge in [0, 0.05) is 39.2 Å². The molecule has 0 bridgehead atoms. The van der Waals surface area contributed by atoms with E-state index in [1.165, 1.54) is 12.1 Å². The number of nitro groups is 1. The third kappa shape index (κ3) is 4.13. The molecule has 30 heavy (non-hydrogen) atoms. The molecule has 1 amide bonds. The smallest absolute Gasteiger partial charge is 0.269 e. The Morgan fingerprint density at radius 1 is 1.07 bits per heavy atom. The van der Waals surface area contributed by atoms with Crippen molar-refractivity contribution in [2.24, 2.45) is 4.99 Å². The van der Waals surface area contributed by atoms with Crippen molar-refractivity contribution in [1.82, 2.24) is 0 Å². The van der Waals surface area contributed by atoms with Gasteiger partial charge in [0.05, 0.1) is 16.3 Å². The summed E-state index contributed by atoms with van der Waals surface area (Å²) in [5.74, 6) is -0.251. The Balaban J connectivity index is 1.79. The van der Waals surface area contributed by atoms with E-state index < -0.39 is 11.0 Å². The summed E-state index contributed by atoms with van der Waals surface area (Å²) in [7, 11) is 0. The molecular weight excluding hydrogens is 470 g/mol. The van der Waals surface area contributed by atoms with E-state index in [2.05, 4.69) is 21.2 Å². The number of benzene rings is 3. The molecule has 0 spiro atoms. The number of aliphatic imine (C=N–C) groups is 1. The zero-order valence-corrected chi connectivity index (χ0v) is 17.9. The largest absolute Gasteiger partial charge is 0.324 e. The average molecular weight is 485 g/mol. The van der Waals surface area contributed by atoms with Crippen molar-refractivity contribution in [3.8, 4) is 0 Å². The third-order valence-corrected chi connectivity index (χ3v) is 5.61. The van der Waals surface area contributed by atoms with E-state index in [0.717, 1.165) is 21.2 Å². The number of anilines is 1. The normalized spacial score (nSPS) is 15.6. The van der Waals surface area contributed by atoms with Crippen LogP contribution in [0.15, 0.2) is 76.2 Å². The first-order valence-corrected chi connectivity index (χ1v) is 10.3. The Hall–Kier alpha value is -3.03. The predicted octanol–water partition coefficient (Wildman–Crippen LogP) is 5.41. The molecule has 150 valence electrons. The summed E-state index contributed by atoms with van der Waals surface area (Å²) in [6.07, 6.45) is 0.299. The lowest BCUT2D eigenvalue weighted by atomic mass is 10.00. The van der Waals surface area contributed by atoms with Gasteiger partial charge in [-0.1, -0.05) is 57.9 Å². The van der Waals surface area contributed by atoms with Crippen LogP contribution in [0.2, 0.25) is 5.02 Å². The Kier molecular flexibility index (Phi) is 5.65. The van der Waals surface area contributed by atoms with Crippen molar-refractivity contribution in [3.63, 3.8) is 0 Å². The molecule has 6 nitrogen and oxygen atoms in total. The number of nitrogens with one attached hydrogen (secondary N) is 1. The highest BCUT2D eigenvalue weighted by atomic mass is 79.9. The number of fused-ring (bicyclic) bond motifs is 1. The summed E-state index contributed by atoms with van der Waals surface area (Å²) in [6.45, 7) is 0. The fourth-order valence-electron chi connectivity index (χ4n) is 3.30. The van der Waals surface area contributed by atoms with Crippen molar-refractivity contribution in [2.45, 2.75) is 12.5 Å².